The summed E-state index contributed by atoms with van der Waals surface area (Å²) in [5, 5.41) is 7.87. The molecule has 2 N–H and O–H groups in total. The van der Waals surface area contributed by atoms with Crippen molar-refractivity contribution < 1.29 is 0 Å². The monoisotopic (exact) mass is 233 g/mol. The quantitative estimate of drug-likeness (QED) is 0.824. The first-order chi connectivity index (χ1) is 8.20. The molecule has 0 amide bonds. The molecule has 0 aliphatic heterocycles. The first kappa shape index (κ1) is 11.9. The molecule has 2 aromatic rings. The molecule has 0 saturated heterocycles. The van der Waals surface area contributed by atoms with Gasteiger partial charge in [0.15, 0.2) is 0 Å². The lowest BCUT2D eigenvalue weighted by Crippen LogP contribution is -2.19. The van der Waals surface area contributed by atoms with E-state index in [1.807, 2.05) is 17.9 Å². The molecule has 0 fully saturated rings. The van der Waals surface area contributed by atoms with Crippen molar-refractivity contribution in [3.8, 4) is 0 Å². The summed E-state index contributed by atoms with van der Waals surface area (Å²) < 4.78 is 1.87. The predicted octanol–water partition coefficient (Wildman–Crippen LogP) is 1.56. The van der Waals surface area contributed by atoms with Crippen molar-refractivity contribution in [1.29, 1.82) is 0 Å². The van der Waals surface area contributed by atoms with Crippen LogP contribution in [0.1, 0.15) is 37.0 Å². The van der Waals surface area contributed by atoms with Crippen LogP contribution in [0, 0.1) is 0 Å². The third-order valence-electron chi connectivity index (χ3n) is 2.85. The van der Waals surface area contributed by atoms with Crippen LogP contribution in [-0.4, -0.2) is 19.7 Å². The van der Waals surface area contributed by atoms with Crippen molar-refractivity contribution in [2.24, 2.45) is 7.05 Å². The van der Waals surface area contributed by atoms with Gasteiger partial charge >= 0.3 is 0 Å². The van der Waals surface area contributed by atoms with E-state index in [-0.39, 0.29) is 6.04 Å². The average Bonchev–Trinajstić information content (AvgIpc) is 2.94. The van der Waals surface area contributed by atoms with Gasteiger partial charge in [-0.3, -0.25) is 4.68 Å². The Bertz CT molecular complexity index is 457. The minimum Gasteiger partial charge on any atom is -0.347 e. The molecule has 92 valence electrons. The minimum atomic E-state index is 0.218. The lowest BCUT2D eigenvalue weighted by Gasteiger charge is -2.10. The van der Waals surface area contributed by atoms with E-state index >= 15 is 0 Å². The van der Waals surface area contributed by atoms with Gasteiger partial charge in [-0.15, -0.1) is 0 Å². The second-order valence-electron chi connectivity index (χ2n) is 4.21. The van der Waals surface area contributed by atoms with Crippen LogP contribution < -0.4 is 5.32 Å². The van der Waals surface area contributed by atoms with Crippen molar-refractivity contribution in [2.45, 2.75) is 32.9 Å². The van der Waals surface area contributed by atoms with Gasteiger partial charge in [-0.1, -0.05) is 6.92 Å². The number of aryl methyl sites for hydroxylation is 2. The molecule has 1 unspecified atom stereocenters. The van der Waals surface area contributed by atoms with Gasteiger partial charge in [0, 0.05) is 37.7 Å². The molecule has 2 heterocycles. The molecule has 5 nitrogen and oxygen atoms in total. The number of H-pyrrole nitrogens is 1. The normalized spacial score (nSPS) is 12.9. The molecule has 0 aliphatic rings. The Morgan fingerprint density at radius 2 is 2.35 bits per heavy atom. The number of aromatic amines is 1. The molecule has 0 saturated carbocycles. The standard InChI is InChI=1S/C12H19N5/c1-4-11-10(8-17(3)16-11)7-15-9(2)12-13-5-6-14-12/h5-6,8-9,15H,4,7H2,1-3H3,(H,13,14). The number of imidazole rings is 1. The van der Waals surface area contributed by atoms with E-state index in [1.54, 1.807) is 6.20 Å². The van der Waals surface area contributed by atoms with Gasteiger partial charge < -0.3 is 10.3 Å². The maximum Gasteiger partial charge on any atom is 0.122 e. The lowest BCUT2D eigenvalue weighted by atomic mass is 10.2. The van der Waals surface area contributed by atoms with Gasteiger partial charge in [0.25, 0.3) is 0 Å². The van der Waals surface area contributed by atoms with Crippen LogP contribution in [0.25, 0.3) is 0 Å². The van der Waals surface area contributed by atoms with Gasteiger partial charge in [-0.25, -0.2) is 4.98 Å². The van der Waals surface area contributed by atoms with Crippen LogP contribution in [-0.2, 0) is 20.0 Å². The fraction of sp³-hybridized carbons (Fsp3) is 0.500. The highest BCUT2D eigenvalue weighted by molar-refractivity contribution is 5.17. The van der Waals surface area contributed by atoms with Gasteiger partial charge in [0.05, 0.1) is 11.7 Å². The van der Waals surface area contributed by atoms with Crippen molar-refractivity contribution >= 4 is 0 Å². The van der Waals surface area contributed by atoms with E-state index in [1.165, 1.54) is 5.56 Å². The number of hydrogen-bond donors (Lipinski definition) is 2. The zero-order valence-corrected chi connectivity index (χ0v) is 10.6. The maximum atomic E-state index is 4.42. The maximum absolute atomic E-state index is 4.42. The topological polar surface area (TPSA) is 58.5 Å². The summed E-state index contributed by atoms with van der Waals surface area (Å²) in [6.45, 7) is 5.04. The molecule has 0 aliphatic carbocycles. The van der Waals surface area contributed by atoms with Crippen LogP contribution >= 0.6 is 0 Å². The number of rotatable bonds is 5. The molecule has 17 heavy (non-hydrogen) atoms. The van der Waals surface area contributed by atoms with Crippen LogP contribution in [0.3, 0.4) is 0 Å². The summed E-state index contributed by atoms with van der Waals surface area (Å²) in [7, 11) is 1.96. The van der Waals surface area contributed by atoms with Crippen molar-refractivity contribution in [2.75, 3.05) is 0 Å². The third kappa shape index (κ3) is 2.74. The highest BCUT2D eigenvalue weighted by Gasteiger charge is 2.10. The smallest absolute Gasteiger partial charge is 0.122 e. The molecule has 2 aromatic heterocycles. The Morgan fingerprint density at radius 3 is 3.00 bits per heavy atom. The molecule has 0 aromatic carbocycles. The Kier molecular flexibility index (Phi) is 3.58. The van der Waals surface area contributed by atoms with Crippen LogP contribution in [0.4, 0.5) is 0 Å². The summed E-state index contributed by atoms with van der Waals surface area (Å²) in [6, 6.07) is 0.218. The van der Waals surface area contributed by atoms with Gasteiger partial charge in [0.2, 0.25) is 0 Å². The van der Waals surface area contributed by atoms with Crippen molar-refractivity contribution in [3.05, 3.63) is 35.7 Å². The third-order valence-corrected chi connectivity index (χ3v) is 2.85. The number of aromatic nitrogens is 4. The highest BCUT2D eigenvalue weighted by Crippen LogP contribution is 2.10. The van der Waals surface area contributed by atoms with E-state index in [9.17, 15) is 0 Å². The lowest BCUT2D eigenvalue weighted by molar-refractivity contribution is 0.549. The molecular weight excluding hydrogens is 214 g/mol. The molecule has 2 rings (SSSR count). The fourth-order valence-corrected chi connectivity index (χ4v) is 1.90. The van der Waals surface area contributed by atoms with Crippen molar-refractivity contribution in [1.82, 2.24) is 25.1 Å². The van der Waals surface area contributed by atoms with Crippen LogP contribution in [0.2, 0.25) is 0 Å². The van der Waals surface area contributed by atoms with Gasteiger partial charge in [-0.05, 0) is 13.3 Å². The average molecular weight is 233 g/mol. The van der Waals surface area contributed by atoms with E-state index in [0.29, 0.717) is 0 Å². The predicted molar refractivity (Wildman–Crippen MR) is 66.4 cm³/mol. The summed E-state index contributed by atoms with van der Waals surface area (Å²) >= 11 is 0. The largest absolute Gasteiger partial charge is 0.347 e. The van der Waals surface area contributed by atoms with E-state index < -0.39 is 0 Å². The summed E-state index contributed by atoms with van der Waals surface area (Å²) in [4.78, 5) is 7.35. The van der Waals surface area contributed by atoms with E-state index in [4.69, 9.17) is 0 Å². The number of hydrogen-bond acceptors (Lipinski definition) is 3. The minimum absolute atomic E-state index is 0.218. The van der Waals surface area contributed by atoms with Crippen LogP contribution in [0.15, 0.2) is 18.6 Å². The second kappa shape index (κ2) is 5.14. The summed E-state index contributed by atoms with van der Waals surface area (Å²) in [6.07, 6.45) is 6.65. The summed E-state index contributed by atoms with van der Waals surface area (Å²) in [5.41, 5.74) is 2.42. The Hall–Kier alpha value is -1.62. The number of nitrogens with one attached hydrogen (secondary N) is 2. The highest BCUT2D eigenvalue weighted by atomic mass is 15.3. The van der Waals surface area contributed by atoms with E-state index in [0.717, 1.165) is 24.5 Å². The first-order valence-electron chi connectivity index (χ1n) is 5.94. The second-order valence-corrected chi connectivity index (χ2v) is 4.21. The molecule has 0 radical (unpaired) electrons. The van der Waals surface area contributed by atoms with Gasteiger partial charge in [0.1, 0.15) is 5.82 Å². The Morgan fingerprint density at radius 1 is 1.53 bits per heavy atom. The fourth-order valence-electron chi connectivity index (χ4n) is 1.90. The van der Waals surface area contributed by atoms with Gasteiger partial charge in [-0.2, -0.15) is 5.10 Å². The SMILES string of the molecule is CCc1nn(C)cc1CNC(C)c1ncc[nH]1. The van der Waals surface area contributed by atoms with Crippen molar-refractivity contribution in [3.63, 3.8) is 0 Å². The molecular formula is C12H19N5. The first-order valence-corrected chi connectivity index (χ1v) is 5.94. The molecule has 0 spiro atoms. The van der Waals surface area contributed by atoms with E-state index in [2.05, 4.69) is 40.4 Å². The Labute approximate surface area is 101 Å². The molecule has 1 atom stereocenters. The number of nitrogens with zero attached hydrogens (tertiary/aromatic N) is 3. The zero-order chi connectivity index (χ0) is 12.3. The molecule has 5 heteroatoms. The summed E-state index contributed by atoms with van der Waals surface area (Å²) in [5.74, 6) is 0.965. The molecule has 0 bridgehead atoms. The van der Waals surface area contributed by atoms with Crippen LogP contribution in [0.5, 0.6) is 0 Å². The zero-order valence-electron chi connectivity index (χ0n) is 10.6. The Balaban J connectivity index is 1.97.